The number of rotatable bonds is 5. The van der Waals surface area contributed by atoms with Crippen LogP contribution in [0.25, 0.3) is 0 Å². The summed E-state index contributed by atoms with van der Waals surface area (Å²) in [4.78, 5) is 1.06. The fourth-order valence-corrected chi connectivity index (χ4v) is 3.36. The number of aryl methyl sites for hydroxylation is 1. The molecule has 0 fully saturated rings. The first-order valence-corrected chi connectivity index (χ1v) is 7.79. The van der Waals surface area contributed by atoms with Gasteiger partial charge in [0.15, 0.2) is 5.82 Å². The fourth-order valence-electron chi connectivity index (χ4n) is 1.79. The number of nitrogens with two attached hydrogens (primary N) is 1. The summed E-state index contributed by atoms with van der Waals surface area (Å²) >= 11 is 3.07. The molecule has 0 aliphatic heterocycles. The highest BCUT2D eigenvalue weighted by molar-refractivity contribution is 7.99. The largest absolute Gasteiger partial charge is 0.382 e. The molecule has 1 aromatic heterocycles. The van der Waals surface area contributed by atoms with Crippen molar-refractivity contribution in [3.63, 3.8) is 0 Å². The van der Waals surface area contributed by atoms with Gasteiger partial charge in [-0.05, 0) is 36.7 Å². The lowest BCUT2D eigenvalue weighted by molar-refractivity contribution is 1.02. The van der Waals surface area contributed by atoms with E-state index in [0.29, 0.717) is 5.82 Å². The second kappa shape index (κ2) is 6.11. The monoisotopic (exact) mass is 279 g/mol. The highest BCUT2D eigenvalue weighted by Gasteiger charge is 2.09. The zero-order valence-electron chi connectivity index (χ0n) is 10.6. The number of nitrogens with zero attached hydrogens (tertiary/aromatic N) is 1. The summed E-state index contributed by atoms with van der Waals surface area (Å²) in [5.74, 6) is 0.630. The molecule has 0 amide bonds. The first-order valence-electron chi connectivity index (χ1n) is 5.79. The van der Waals surface area contributed by atoms with Gasteiger partial charge in [0, 0.05) is 6.54 Å². The topological polar surface area (TPSA) is 50.9 Å². The molecule has 3 N–H and O–H groups in total. The van der Waals surface area contributed by atoms with Crippen molar-refractivity contribution in [3.8, 4) is 0 Å². The van der Waals surface area contributed by atoms with E-state index in [4.69, 9.17) is 5.73 Å². The Hall–Kier alpha value is -1.20. The number of nitrogens with one attached hydrogen (secondary N) is 1. The van der Waals surface area contributed by atoms with Crippen LogP contribution in [0.5, 0.6) is 0 Å². The van der Waals surface area contributed by atoms with E-state index < -0.39 is 0 Å². The molecule has 0 saturated heterocycles. The predicted molar refractivity (Wildman–Crippen MR) is 81.7 cm³/mol. The average molecular weight is 279 g/mol. The van der Waals surface area contributed by atoms with E-state index in [1.807, 2.05) is 6.26 Å². The Bertz CT molecular complexity index is 523. The molecule has 0 atom stereocenters. The molecule has 0 spiro atoms. The van der Waals surface area contributed by atoms with Crippen molar-refractivity contribution in [2.45, 2.75) is 18.2 Å². The number of anilines is 2. The summed E-state index contributed by atoms with van der Waals surface area (Å²) in [7, 11) is 0. The van der Waals surface area contributed by atoms with Gasteiger partial charge in [-0.1, -0.05) is 29.8 Å². The van der Waals surface area contributed by atoms with Gasteiger partial charge in [-0.3, -0.25) is 0 Å². The molecular weight excluding hydrogens is 262 g/mol. The van der Waals surface area contributed by atoms with Gasteiger partial charge in [-0.2, -0.15) is 4.37 Å². The van der Waals surface area contributed by atoms with Crippen LogP contribution in [0.3, 0.4) is 0 Å². The third-order valence-corrected chi connectivity index (χ3v) is 4.43. The van der Waals surface area contributed by atoms with E-state index in [9.17, 15) is 0 Å². The molecule has 1 heterocycles. The Morgan fingerprint density at radius 1 is 1.44 bits per heavy atom. The highest BCUT2D eigenvalue weighted by atomic mass is 32.2. The molecule has 5 heteroatoms. The normalized spacial score (nSPS) is 10.6. The number of aromatic nitrogens is 1. The quantitative estimate of drug-likeness (QED) is 0.824. The van der Waals surface area contributed by atoms with Crippen LogP contribution in [-0.4, -0.2) is 17.2 Å². The predicted octanol–water partition coefficient (Wildman–Crippen LogP) is 3.41. The van der Waals surface area contributed by atoms with Gasteiger partial charge in [-0.15, -0.1) is 11.8 Å². The van der Waals surface area contributed by atoms with Crippen LogP contribution < -0.4 is 11.1 Å². The zero-order chi connectivity index (χ0) is 13.0. The molecule has 2 rings (SSSR count). The number of hydrogen-bond donors (Lipinski definition) is 2. The van der Waals surface area contributed by atoms with Gasteiger partial charge >= 0.3 is 0 Å². The lowest BCUT2D eigenvalue weighted by Gasteiger charge is -2.06. The Labute approximate surface area is 116 Å². The number of nitrogen functional groups attached to an aromatic ring is 1. The Morgan fingerprint density at radius 2 is 2.28 bits per heavy atom. The van der Waals surface area contributed by atoms with E-state index in [2.05, 4.69) is 40.9 Å². The maximum absolute atomic E-state index is 5.79. The second-order valence-electron chi connectivity index (χ2n) is 4.10. The van der Waals surface area contributed by atoms with E-state index in [1.54, 1.807) is 11.8 Å². The molecule has 0 aliphatic carbocycles. The van der Waals surface area contributed by atoms with Crippen molar-refractivity contribution < 1.29 is 0 Å². The van der Waals surface area contributed by atoms with Gasteiger partial charge in [0.05, 0.1) is 4.90 Å². The summed E-state index contributed by atoms with van der Waals surface area (Å²) in [6.45, 7) is 3.02. The van der Waals surface area contributed by atoms with Gasteiger partial charge in [-0.25, -0.2) is 0 Å². The standard InChI is InChI=1S/C13H17N3S2/c1-9-4-3-5-10(8-9)6-7-15-13-11(17-2)12(14)16-18-13/h3-5,8,15H,6-7H2,1-2H3,(H2,14,16). The van der Waals surface area contributed by atoms with Gasteiger partial charge in [0.1, 0.15) is 5.00 Å². The average Bonchev–Trinajstić information content (AvgIpc) is 2.70. The lowest BCUT2D eigenvalue weighted by atomic mass is 10.1. The highest BCUT2D eigenvalue weighted by Crippen LogP contribution is 2.34. The van der Waals surface area contributed by atoms with E-state index in [0.717, 1.165) is 22.9 Å². The Morgan fingerprint density at radius 3 is 3.00 bits per heavy atom. The number of benzene rings is 1. The molecule has 18 heavy (non-hydrogen) atoms. The van der Waals surface area contributed by atoms with Crippen molar-refractivity contribution in [3.05, 3.63) is 35.4 Å². The number of hydrogen-bond acceptors (Lipinski definition) is 5. The molecular formula is C13H17N3S2. The lowest BCUT2D eigenvalue weighted by Crippen LogP contribution is -2.04. The summed E-state index contributed by atoms with van der Waals surface area (Å²) in [5, 5.41) is 4.48. The van der Waals surface area contributed by atoms with Crippen LogP contribution >= 0.6 is 23.3 Å². The van der Waals surface area contributed by atoms with Gasteiger partial charge in [0.25, 0.3) is 0 Å². The molecule has 96 valence electrons. The molecule has 0 aliphatic rings. The second-order valence-corrected chi connectivity index (χ2v) is 5.69. The maximum Gasteiger partial charge on any atom is 0.153 e. The summed E-state index contributed by atoms with van der Waals surface area (Å²) < 4.78 is 4.16. The smallest absolute Gasteiger partial charge is 0.153 e. The molecule has 0 bridgehead atoms. The van der Waals surface area contributed by atoms with Crippen LogP contribution in [0.1, 0.15) is 11.1 Å². The van der Waals surface area contributed by atoms with Crippen LogP contribution in [0.4, 0.5) is 10.8 Å². The van der Waals surface area contributed by atoms with Gasteiger partial charge < -0.3 is 11.1 Å². The SMILES string of the molecule is CSc1c(N)nsc1NCCc1cccc(C)c1. The fraction of sp³-hybridized carbons (Fsp3) is 0.308. The first kappa shape index (κ1) is 13.2. The summed E-state index contributed by atoms with van der Waals surface area (Å²) in [6, 6.07) is 8.60. The Balaban J connectivity index is 1.92. The van der Waals surface area contributed by atoms with Crippen molar-refractivity contribution >= 4 is 34.1 Å². The molecule has 3 nitrogen and oxygen atoms in total. The van der Waals surface area contributed by atoms with Crippen LogP contribution in [0.15, 0.2) is 29.2 Å². The molecule has 1 aromatic carbocycles. The minimum atomic E-state index is 0.630. The summed E-state index contributed by atoms with van der Waals surface area (Å²) in [5.41, 5.74) is 8.45. The Kier molecular flexibility index (Phi) is 4.49. The maximum atomic E-state index is 5.79. The molecule has 0 saturated carbocycles. The van der Waals surface area contributed by atoms with E-state index >= 15 is 0 Å². The number of thioether (sulfide) groups is 1. The zero-order valence-corrected chi connectivity index (χ0v) is 12.2. The van der Waals surface area contributed by atoms with E-state index in [-0.39, 0.29) is 0 Å². The van der Waals surface area contributed by atoms with Crippen molar-refractivity contribution in [2.24, 2.45) is 0 Å². The van der Waals surface area contributed by atoms with Gasteiger partial charge in [0.2, 0.25) is 0 Å². The molecule has 2 aromatic rings. The van der Waals surface area contributed by atoms with Crippen LogP contribution in [-0.2, 0) is 6.42 Å². The van der Waals surface area contributed by atoms with E-state index in [1.165, 1.54) is 22.7 Å². The third-order valence-electron chi connectivity index (χ3n) is 2.66. The van der Waals surface area contributed by atoms with Crippen molar-refractivity contribution in [2.75, 3.05) is 23.9 Å². The van der Waals surface area contributed by atoms with Crippen LogP contribution in [0.2, 0.25) is 0 Å². The molecule has 0 radical (unpaired) electrons. The van der Waals surface area contributed by atoms with Crippen LogP contribution in [0, 0.1) is 6.92 Å². The summed E-state index contributed by atoms with van der Waals surface area (Å²) in [6.07, 6.45) is 3.03. The van der Waals surface area contributed by atoms with Crippen molar-refractivity contribution in [1.29, 1.82) is 0 Å². The first-order chi connectivity index (χ1) is 8.70. The minimum Gasteiger partial charge on any atom is -0.382 e. The molecule has 0 unspecified atom stereocenters. The third kappa shape index (κ3) is 3.17. The van der Waals surface area contributed by atoms with Crippen molar-refractivity contribution in [1.82, 2.24) is 4.37 Å². The minimum absolute atomic E-state index is 0.630.